The normalized spacial score (nSPS) is 12.1. The van der Waals surface area contributed by atoms with Gasteiger partial charge in [0.1, 0.15) is 29.3 Å². The van der Waals surface area contributed by atoms with Gasteiger partial charge >= 0.3 is 5.97 Å². The fourth-order valence-electron chi connectivity index (χ4n) is 4.41. The molecule has 0 radical (unpaired) electrons. The van der Waals surface area contributed by atoms with Crippen molar-refractivity contribution in [1.29, 1.82) is 0 Å². The monoisotopic (exact) mass is 496 g/mol. The van der Waals surface area contributed by atoms with Crippen molar-refractivity contribution in [2.45, 2.75) is 26.0 Å². The highest BCUT2D eigenvalue weighted by Gasteiger charge is 2.49. The van der Waals surface area contributed by atoms with Crippen LogP contribution in [0.4, 0.5) is 0 Å². The molecule has 4 nitrogen and oxygen atoms in total. The molecule has 0 aliphatic heterocycles. The molecule has 0 aliphatic rings. The second-order valence-electron chi connectivity index (χ2n) is 8.88. The van der Waals surface area contributed by atoms with Crippen LogP contribution in [-0.4, -0.2) is 30.2 Å². The number of carbonyl (C=O) groups is 2. The average molecular weight is 497 g/mol. The summed E-state index contributed by atoms with van der Waals surface area (Å²) in [5.74, 6) is -0.727. The van der Waals surface area contributed by atoms with E-state index in [1.54, 1.807) is 12.1 Å². The average Bonchev–Trinajstić information content (AvgIpc) is 2.92. The Morgan fingerprint density at radius 3 is 1.44 bits per heavy atom. The van der Waals surface area contributed by atoms with Gasteiger partial charge in [0, 0.05) is 5.56 Å². The summed E-state index contributed by atoms with van der Waals surface area (Å²) in [6, 6.07) is 39.0. The second kappa shape index (κ2) is 11.8. The molecule has 4 aromatic rings. The SMILES string of the molecule is CC(C)OC(=O)C(C[P+](c1ccccc1)(c1ccccc1)c1ccccc1)NC(=O)c1ccccc1. The molecule has 0 heterocycles. The Bertz CT molecular complexity index is 1170. The summed E-state index contributed by atoms with van der Waals surface area (Å²) in [5, 5.41) is 6.43. The van der Waals surface area contributed by atoms with E-state index in [0.717, 1.165) is 15.9 Å². The molecule has 1 N–H and O–H groups in total. The van der Waals surface area contributed by atoms with Crippen molar-refractivity contribution < 1.29 is 14.3 Å². The summed E-state index contributed by atoms with van der Waals surface area (Å²) in [7, 11) is -2.37. The largest absolute Gasteiger partial charge is 0.461 e. The molecule has 4 rings (SSSR count). The van der Waals surface area contributed by atoms with Crippen LogP contribution in [0.15, 0.2) is 121 Å². The third-order valence-corrected chi connectivity index (χ3v) is 10.5. The van der Waals surface area contributed by atoms with Crippen LogP contribution in [0.5, 0.6) is 0 Å². The lowest BCUT2D eigenvalue weighted by Crippen LogP contribution is -2.49. The summed E-state index contributed by atoms with van der Waals surface area (Å²) in [5.41, 5.74) is 0.503. The molecule has 0 aliphatic carbocycles. The Morgan fingerprint density at radius 1 is 0.667 bits per heavy atom. The number of nitrogens with one attached hydrogen (secondary N) is 1. The third kappa shape index (κ3) is 5.72. The van der Waals surface area contributed by atoms with Gasteiger partial charge in [-0.2, -0.15) is 0 Å². The highest BCUT2D eigenvalue weighted by Crippen LogP contribution is 2.55. The van der Waals surface area contributed by atoms with Gasteiger partial charge in [0.15, 0.2) is 6.04 Å². The molecule has 0 spiro atoms. The predicted octanol–water partition coefficient (Wildman–Crippen LogP) is 4.73. The van der Waals surface area contributed by atoms with Crippen molar-refractivity contribution in [2.75, 3.05) is 6.16 Å². The van der Waals surface area contributed by atoms with Crippen LogP contribution < -0.4 is 21.2 Å². The first kappa shape index (κ1) is 25.3. The molecule has 0 saturated heterocycles. The van der Waals surface area contributed by atoms with Gasteiger partial charge in [-0.1, -0.05) is 72.8 Å². The number of rotatable bonds is 9. The summed E-state index contributed by atoms with van der Waals surface area (Å²) < 4.78 is 5.67. The first-order valence-electron chi connectivity index (χ1n) is 12.1. The quantitative estimate of drug-likeness (QED) is 0.269. The van der Waals surface area contributed by atoms with Crippen LogP contribution in [0.25, 0.3) is 0 Å². The Kier molecular flexibility index (Phi) is 8.30. The molecule has 0 aromatic heterocycles. The lowest BCUT2D eigenvalue weighted by Gasteiger charge is -2.31. The van der Waals surface area contributed by atoms with Gasteiger partial charge in [-0.25, -0.2) is 4.79 Å². The molecule has 5 heteroatoms. The number of amides is 1. The summed E-state index contributed by atoms with van der Waals surface area (Å²) >= 11 is 0. The first-order valence-corrected chi connectivity index (χ1v) is 14.1. The third-order valence-electron chi connectivity index (χ3n) is 6.03. The Labute approximate surface area is 213 Å². The highest BCUT2D eigenvalue weighted by molar-refractivity contribution is 7.95. The Hall–Kier alpha value is -3.75. The van der Waals surface area contributed by atoms with Gasteiger partial charge < -0.3 is 10.1 Å². The van der Waals surface area contributed by atoms with E-state index in [4.69, 9.17) is 4.74 Å². The van der Waals surface area contributed by atoms with Crippen molar-refractivity contribution in [1.82, 2.24) is 5.32 Å². The molecule has 1 unspecified atom stereocenters. The van der Waals surface area contributed by atoms with Gasteiger partial charge in [0.05, 0.1) is 6.10 Å². The molecule has 0 saturated carbocycles. The van der Waals surface area contributed by atoms with E-state index in [1.165, 1.54) is 0 Å². The minimum atomic E-state index is -2.37. The van der Waals surface area contributed by atoms with Gasteiger partial charge in [-0.05, 0) is 62.4 Å². The number of carbonyl (C=O) groups excluding carboxylic acids is 2. The minimum Gasteiger partial charge on any atom is -0.461 e. The van der Waals surface area contributed by atoms with E-state index >= 15 is 0 Å². The van der Waals surface area contributed by atoms with E-state index in [1.807, 2.05) is 86.6 Å². The standard InChI is InChI=1S/C31H30NO3P/c1-24(2)35-31(34)29(32-30(33)25-15-7-3-8-16-25)23-36(26-17-9-4-10-18-26,27-19-11-5-12-20-27)28-21-13-6-14-22-28/h3-22,24,29H,23H2,1-2H3/p+1. The zero-order valence-electron chi connectivity index (χ0n) is 20.6. The van der Waals surface area contributed by atoms with Crippen molar-refractivity contribution in [3.05, 3.63) is 127 Å². The van der Waals surface area contributed by atoms with Crippen LogP contribution in [-0.2, 0) is 9.53 Å². The number of ether oxygens (including phenoxy) is 1. The zero-order valence-corrected chi connectivity index (χ0v) is 21.5. The van der Waals surface area contributed by atoms with Crippen LogP contribution in [0, 0.1) is 0 Å². The number of esters is 1. The van der Waals surface area contributed by atoms with Crippen molar-refractivity contribution in [3.8, 4) is 0 Å². The first-order chi connectivity index (χ1) is 17.5. The fourth-order valence-corrected chi connectivity index (χ4v) is 8.77. The number of benzene rings is 4. The topological polar surface area (TPSA) is 55.4 Å². The molecular formula is C31H31NO3P+. The van der Waals surface area contributed by atoms with Gasteiger partial charge in [0.2, 0.25) is 0 Å². The van der Waals surface area contributed by atoms with E-state index in [9.17, 15) is 9.59 Å². The van der Waals surface area contributed by atoms with E-state index in [-0.39, 0.29) is 12.0 Å². The molecule has 0 fully saturated rings. The molecule has 1 atom stereocenters. The summed E-state index contributed by atoms with van der Waals surface area (Å²) in [6.45, 7) is 3.64. The van der Waals surface area contributed by atoms with Crippen LogP contribution >= 0.6 is 7.26 Å². The van der Waals surface area contributed by atoms with Gasteiger partial charge in [0.25, 0.3) is 5.91 Å². The van der Waals surface area contributed by atoms with Crippen molar-refractivity contribution >= 4 is 35.1 Å². The van der Waals surface area contributed by atoms with Crippen LogP contribution in [0.3, 0.4) is 0 Å². The maximum Gasteiger partial charge on any atom is 0.332 e. The summed E-state index contributed by atoms with van der Waals surface area (Å²) in [6.07, 6.45) is 0.0985. The molecular weight excluding hydrogens is 465 g/mol. The Morgan fingerprint density at radius 2 is 1.06 bits per heavy atom. The molecule has 36 heavy (non-hydrogen) atoms. The maximum atomic E-state index is 13.5. The van der Waals surface area contributed by atoms with Crippen molar-refractivity contribution in [2.24, 2.45) is 0 Å². The molecule has 4 aromatic carbocycles. The van der Waals surface area contributed by atoms with Crippen LogP contribution in [0.1, 0.15) is 24.2 Å². The lowest BCUT2D eigenvalue weighted by atomic mass is 10.2. The minimum absolute atomic E-state index is 0.298. The van der Waals surface area contributed by atoms with Crippen LogP contribution in [0.2, 0.25) is 0 Å². The molecule has 182 valence electrons. The highest BCUT2D eigenvalue weighted by atomic mass is 31.2. The summed E-state index contributed by atoms with van der Waals surface area (Å²) in [4.78, 5) is 26.7. The van der Waals surface area contributed by atoms with Gasteiger partial charge in [-0.15, -0.1) is 0 Å². The van der Waals surface area contributed by atoms with E-state index in [2.05, 4.69) is 41.7 Å². The zero-order chi connectivity index (χ0) is 25.4. The van der Waals surface area contributed by atoms with E-state index in [0.29, 0.717) is 11.7 Å². The Balaban J connectivity index is 1.87. The fraction of sp³-hybridized carbons (Fsp3) is 0.161. The van der Waals surface area contributed by atoms with E-state index < -0.39 is 19.3 Å². The second-order valence-corrected chi connectivity index (χ2v) is 12.4. The number of hydrogen-bond donors (Lipinski definition) is 1. The lowest BCUT2D eigenvalue weighted by molar-refractivity contribution is -0.149. The predicted molar refractivity (Wildman–Crippen MR) is 149 cm³/mol. The smallest absolute Gasteiger partial charge is 0.332 e. The molecule has 0 bridgehead atoms. The number of hydrogen-bond acceptors (Lipinski definition) is 3. The van der Waals surface area contributed by atoms with Crippen molar-refractivity contribution in [3.63, 3.8) is 0 Å². The maximum absolute atomic E-state index is 13.5. The molecule has 1 amide bonds. The van der Waals surface area contributed by atoms with Gasteiger partial charge in [-0.3, -0.25) is 4.79 Å².